The molecule has 16 heavy (non-hydrogen) atoms. The number of carboxylic acid groups (broad SMARTS) is 1. The molecule has 0 bridgehead atoms. The summed E-state index contributed by atoms with van der Waals surface area (Å²) in [6.07, 6.45) is 1.16. The first-order valence-corrected chi connectivity index (χ1v) is 5.33. The molecule has 0 aliphatic heterocycles. The fraction of sp³-hybridized carbons (Fsp3) is 0.800. The number of rotatable bonds is 9. The van der Waals surface area contributed by atoms with E-state index in [0.29, 0.717) is 26.0 Å². The third-order valence-electron chi connectivity index (χ3n) is 1.98. The van der Waals surface area contributed by atoms with Crippen molar-refractivity contribution in [3.63, 3.8) is 0 Å². The molecule has 0 rings (SSSR count). The number of carbonyl (C=O) groups excluding carboxylic acids is 1. The van der Waals surface area contributed by atoms with E-state index < -0.39 is 12.0 Å². The highest BCUT2D eigenvalue weighted by atomic mass is 16.5. The molecule has 0 saturated heterocycles. The molecule has 0 aromatic heterocycles. The average molecular weight is 232 g/mol. The second-order valence-electron chi connectivity index (χ2n) is 3.42. The Bertz CT molecular complexity index is 221. The summed E-state index contributed by atoms with van der Waals surface area (Å²) in [6.45, 7) is 3.07. The van der Waals surface area contributed by atoms with E-state index in [2.05, 4.69) is 10.6 Å². The molecule has 0 aromatic carbocycles. The lowest BCUT2D eigenvalue weighted by atomic mass is 10.1. The molecule has 0 aliphatic rings. The van der Waals surface area contributed by atoms with E-state index in [9.17, 15) is 9.59 Å². The van der Waals surface area contributed by atoms with Crippen molar-refractivity contribution in [1.82, 2.24) is 10.6 Å². The van der Waals surface area contributed by atoms with E-state index in [1.807, 2.05) is 6.92 Å². The fourth-order valence-corrected chi connectivity index (χ4v) is 1.17. The van der Waals surface area contributed by atoms with Gasteiger partial charge in [0, 0.05) is 13.7 Å². The molecular weight excluding hydrogens is 212 g/mol. The summed E-state index contributed by atoms with van der Waals surface area (Å²) in [4.78, 5) is 22.1. The Balaban J connectivity index is 3.77. The van der Waals surface area contributed by atoms with Gasteiger partial charge < -0.3 is 20.5 Å². The van der Waals surface area contributed by atoms with Crippen LogP contribution in [0.2, 0.25) is 0 Å². The van der Waals surface area contributed by atoms with Crippen molar-refractivity contribution in [3.05, 3.63) is 0 Å². The van der Waals surface area contributed by atoms with Crippen molar-refractivity contribution in [2.75, 3.05) is 26.8 Å². The van der Waals surface area contributed by atoms with Gasteiger partial charge in [0.25, 0.3) is 0 Å². The largest absolute Gasteiger partial charge is 0.480 e. The van der Waals surface area contributed by atoms with Crippen LogP contribution in [0.5, 0.6) is 0 Å². The molecular formula is C10H20N2O4. The van der Waals surface area contributed by atoms with Crippen LogP contribution in [0, 0.1) is 0 Å². The summed E-state index contributed by atoms with van der Waals surface area (Å²) < 4.78 is 4.79. The lowest BCUT2D eigenvalue weighted by Crippen LogP contribution is -2.44. The Kier molecular flexibility index (Phi) is 8.46. The first kappa shape index (κ1) is 14.9. The van der Waals surface area contributed by atoms with Gasteiger partial charge in [-0.3, -0.25) is 4.79 Å². The average Bonchev–Trinajstić information content (AvgIpc) is 2.23. The Morgan fingerprint density at radius 2 is 2.12 bits per heavy atom. The van der Waals surface area contributed by atoms with Crippen LogP contribution in [0.15, 0.2) is 0 Å². The van der Waals surface area contributed by atoms with Gasteiger partial charge in [-0.25, -0.2) is 4.79 Å². The molecule has 0 heterocycles. The first-order valence-electron chi connectivity index (χ1n) is 5.33. The van der Waals surface area contributed by atoms with Crippen molar-refractivity contribution in [3.8, 4) is 0 Å². The van der Waals surface area contributed by atoms with Gasteiger partial charge in [0.1, 0.15) is 6.04 Å². The molecule has 0 radical (unpaired) electrons. The normalized spacial score (nSPS) is 12.1. The van der Waals surface area contributed by atoms with Gasteiger partial charge >= 0.3 is 5.97 Å². The SMILES string of the molecule is CCC[C@H](NC(=O)CNCCOC)C(=O)O. The van der Waals surface area contributed by atoms with Crippen LogP contribution in [0.4, 0.5) is 0 Å². The monoisotopic (exact) mass is 232 g/mol. The van der Waals surface area contributed by atoms with Gasteiger partial charge in [-0.2, -0.15) is 0 Å². The third-order valence-corrected chi connectivity index (χ3v) is 1.98. The van der Waals surface area contributed by atoms with E-state index >= 15 is 0 Å². The quantitative estimate of drug-likeness (QED) is 0.470. The zero-order valence-corrected chi connectivity index (χ0v) is 9.78. The molecule has 3 N–H and O–H groups in total. The molecule has 6 heteroatoms. The fourth-order valence-electron chi connectivity index (χ4n) is 1.17. The standard InChI is InChI=1S/C10H20N2O4/c1-3-4-8(10(14)15)12-9(13)7-11-5-6-16-2/h8,11H,3-7H2,1-2H3,(H,12,13)(H,14,15)/t8-/m0/s1. The van der Waals surface area contributed by atoms with Crippen molar-refractivity contribution in [2.45, 2.75) is 25.8 Å². The van der Waals surface area contributed by atoms with Gasteiger partial charge in [0.15, 0.2) is 0 Å². The molecule has 0 unspecified atom stereocenters. The molecule has 0 aliphatic carbocycles. The summed E-state index contributed by atoms with van der Waals surface area (Å²) in [5.41, 5.74) is 0. The summed E-state index contributed by atoms with van der Waals surface area (Å²) in [5.74, 6) is -1.30. The topological polar surface area (TPSA) is 87.7 Å². The number of hydrogen-bond acceptors (Lipinski definition) is 4. The maximum atomic E-state index is 11.3. The van der Waals surface area contributed by atoms with E-state index in [1.54, 1.807) is 7.11 Å². The number of nitrogens with one attached hydrogen (secondary N) is 2. The number of carboxylic acids is 1. The van der Waals surface area contributed by atoms with Crippen molar-refractivity contribution in [2.24, 2.45) is 0 Å². The van der Waals surface area contributed by atoms with Crippen LogP contribution < -0.4 is 10.6 Å². The smallest absolute Gasteiger partial charge is 0.326 e. The lowest BCUT2D eigenvalue weighted by Gasteiger charge is -2.13. The molecule has 6 nitrogen and oxygen atoms in total. The lowest BCUT2D eigenvalue weighted by molar-refractivity contribution is -0.141. The molecule has 94 valence electrons. The van der Waals surface area contributed by atoms with Crippen LogP contribution in [0.25, 0.3) is 0 Å². The van der Waals surface area contributed by atoms with E-state index in [4.69, 9.17) is 9.84 Å². The summed E-state index contributed by atoms with van der Waals surface area (Å²) in [5, 5.41) is 14.1. The molecule has 1 atom stereocenters. The second kappa shape index (κ2) is 9.11. The van der Waals surface area contributed by atoms with Crippen LogP contribution in [0.1, 0.15) is 19.8 Å². The van der Waals surface area contributed by atoms with Crippen molar-refractivity contribution < 1.29 is 19.4 Å². The molecule has 1 amide bonds. The predicted octanol–water partition coefficient (Wildman–Crippen LogP) is -0.408. The minimum atomic E-state index is -0.993. The highest BCUT2D eigenvalue weighted by Gasteiger charge is 2.17. The van der Waals surface area contributed by atoms with E-state index in [-0.39, 0.29) is 12.5 Å². The zero-order valence-electron chi connectivity index (χ0n) is 9.78. The van der Waals surface area contributed by atoms with Crippen molar-refractivity contribution in [1.29, 1.82) is 0 Å². The molecule has 0 saturated carbocycles. The van der Waals surface area contributed by atoms with Crippen LogP contribution in [-0.2, 0) is 14.3 Å². The minimum absolute atomic E-state index is 0.108. The minimum Gasteiger partial charge on any atom is -0.480 e. The number of methoxy groups -OCH3 is 1. The van der Waals surface area contributed by atoms with Gasteiger partial charge in [0.05, 0.1) is 13.2 Å². The van der Waals surface area contributed by atoms with Gasteiger partial charge in [-0.1, -0.05) is 13.3 Å². The van der Waals surface area contributed by atoms with Crippen molar-refractivity contribution >= 4 is 11.9 Å². The highest BCUT2D eigenvalue weighted by Crippen LogP contribution is 1.96. The van der Waals surface area contributed by atoms with Gasteiger partial charge in [-0.05, 0) is 6.42 Å². The van der Waals surface area contributed by atoms with E-state index in [1.165, 1.54) is 0 Å². The number of amides is 1. The Hall–Kier alpha value is -1.14. The predicted molar refractivity (Wildman–Crippen MR) is 59.2 cm³/mol. The van der Waals surface area contributed by atoms with Gasteiger partial charge in [-0.15, -0.1) is 0 Å². The summed E-state index contributed by atoms with van der Waals surface area (Å²) in [7, 11) is 1.57. The summed E-state index contributed by atoms with van der Waals surface area (Å²) >= 11 is 0. The molecule has 0 spiro atoms. The summed E-state index contributed by atoms with van der Waals surface area (Å²) in [6, 6.07) is -0.790. The Morgan fingerprint density at radius 1 is 1.44 bits per heavy atom. The van der Waals surface area contributed by atoms with Crippen LogP contribution in [-0.4, -0.2) is 49.8 Å². The second-order valence-corrected chi connectivity index (χ2v) is 3.42. The number of hydrogen-bond donors (Lipinski definition) is 3. The maximum absolute atomic E-state index is 11.3. The Labute approximate surface area is 95.4 Å². The van der Waals surface area contributed by atoms with Crippen LogP contribution >= 0.6 is 0 Å². The number of ether oxygens (including phenoxy) is 1. The third kappa shape index (κ3) is 7.19. The molecule has 0 aromatic rings. The number of aliphatic carboxylic acids is 1. The Morgan fingerprint density at radius 3 is 2.62 bits per heavy atom. The van der Waals surface area contributed by atoms with Crippen LogP contribution in [0.3, 0.4) is 0 Å². The molecule has 0 fully saturated rings. The van der Waals surface area contributed by atoms with Gasteiger partial charge in [0.2, 0.25) is 5.91 Å². The van der Waals surface area contributed by atoms with E-state index in [0.717, 1.165) is 0 Å². The highest BCUT2D eigenvalue weighted by molar-refractivity contribution is 5.84. The zero-order chi connectivity index (χ0) is 12.4. The number of carbonyl (C=O) groups is 2. The first-order chi connectivity index (χ1) is 7.61. The maximum Gasteiger partial charge on any atom is 0.326 e.